The Morgan fingerprint density at radius 3 is 2.86 bits per heavy atom. The van der Waals surface area contributed by atoms with Crippen LogP contribution in [0, 0.1) is 0 Å². The molecule has 4 rings (SSSR count). The molecule has 0 unspecified atom stereocenters. The third-order valence-electron chi connectivity index (χ3n) is 3.91. The van der Waals surface area contributed by atoms with Crippen molar-refractivity contribution >= 4 is 11.0 Å². The molecule has 5 nitrogen and oxygen atoms in total. The predicted octanol–water partition coefficient (Wildman–Crippen LogP) is 2.19. The van der Waals surface area contributed by atoms with Crippen LogP contribution in [-0.2, 0) is 6.54 Å². The number of aromatic nitrogens is 3. The maximum absolute atomic E-state index is 11.6. The molecule has 0 amide bonds. The van der Waals surface area contributed by atoms with Crippen LogP contribution in [0.25, 0.3) is 22.6 Å². The molecule has 0 radical (unpaired) electrons. The van der Waals surface area contributed by atoms with Gasteiger partial charge in [-0.2, -0.15) is 0 Å². The van der Waals surface area contributed by atoms with Gasteiger partial charge in [0.1, 0.15) is 0 Å². The zero-order valence-electron chi connectivity index (χ0n) is 11.5. The van der Waals surface area contributed by atoms with Gasteiger partial charge in [-0.25, -0.2) is 4.98 Å². The average Bonchev–Trinajstić information content (AvgIpc) is 3.26. The van der Waals surface area contributed by atoms with Crippen molar-refractivity contribution in [3.63, 3.8) is 0 Å². The minimum Gasteiger partial charge on any atom is -0.326 e. The maximum atomic E-state index is 11.6. The fourth-order valence-corrected chi connectivity index (χ4v) is 2.74. The van der Waals surface area contributed by atoms with Crippen molar-refractivity contribution in [1.82, 2.24) is 14.5 Å². The summed E-state index contributed by atoms with van der Waals surface area (Å²) in [7, 11) is 0. The molecule has 1 aromatic carbocycles. The van der Waals surface area contributed by atoms with Gasteiger partial charge in [0.05, 0.1) is 16.7 Å². The van der Waals surface area contributed by atoms with Crippen molar-refractivity contribution in [2.24, 2.45) is 5.73 Å². The molecule has 0 spiro atoms. The highest BCUT2D eigenvalue weighted by Crippen LogP contribution is 2.40. The van der Waals surface area contributed by atoms with Crippen LogP contribution in [0.1, 0.15) is 24.4 Å². The second kappa shape index (κ2) is 4.56. The Labute approximate surface area is 121 Å². The molecule has 3 aromatic rings. The number of nitrogens with zero attached hydrogens (tertiary/aromatic N) is 2. The zero-order valence-corrected chi connectivity index (χ0v) is 11.5. The van der Waals surface area contributed by atoms with Gasteiger partial charge in [0, 0.05) is 18.7 Å². The van der Waals surface area contributed by atoms with Crippen molar-refractivity contribution in [1.29, 1.82) is 0 Å². The van der Waals surface area contributed by atoms with E-state index in [1.54, 1.807) is 6.07 Å². The summed E-state index contributed by atoms with van der Waals surface area (Å²) in [5, 5.41) is 0. The van der Waals surface area contributed by atoms with Crippen LogP contribution in [0.5, 0.6) is 0 Å². The molecule has 5 heteroatoms. The van der Waals surface area contributed by atoms with E-state index in [0.29, 0.717) is 12.6 Å². The summed E-state index contributed by atoms with van der Waals surface area (Å²) in [5.74, 6) is 0.833. The number of imidazole rings is 1. The molecule has 2 aromatic heterocycles. The molecule has 3 N–H and O–H groups in total. The molecule has 21 heavy (non-hydrogen) atoms. The fourth-order valence-electron chi connectivity index (χ4n) is 2.74. The van der Waals surface area contributed by atoms with Crippen molar-refractivity contribution < 1.29 is 0 Å². The normalized spacial score (nSPS) is 14.7. The highest BCUT2D eigenvalue weighted by molar-refractivity contribution is 5.81. The van der Waals surface area contributed by atoms with Gasteiger partial charge in [-0.1, -0.05) is 12.1 Å². The van der Waals surface area contributed by atoms with E-state index < -0.39 is 0 Å². The van der Waals surface area contributed by atoms with E-state index in [4.69, 9.17) is 10.7 Å². The number of rotatable bonds is 3. The molecular formula is C16H16N4O. The van der Waals surface area contributed by atoms with Crippen molar-refractivity contribution in [3.05, 3.63) is 52.3 Å². The lowest BCUT2D eigenvalue weighted by atomic mass is 10.2. The molecule has 1 aliphatic rings. The number of fused-ring (bicyclic) bond motifs is 1. The lowest BCUT2D eigenvalue weighted by Crippen LogP contribution is -2.06. The molecule has 1 aliphatic carbocycles. The Morgan fingerprint density at radius 2 is 2.14 bits per heavy atom. The maximum Gasteiger partial charge on any atom is 0.248 e. The molecule has 0 bridgehead atoms. The van der Waals surface area contributed by atoms with Crippen LogP contribution in [-0.4, -0.2) is 14.5 Å². The number of nitrogens with one attached hydrogen (secondary N) is 1. The van der Waals surface area contributed by atoms with Gasteiger partial charge >= 0.3 is 0 Å². The minimum absolute atomic E-state index is 0.107. The molecule has 1 saturated carbocycles. The summed E-state index contributed by atoms with van der Waals surface area (Å²) in [4.78, 5) is 19.2. The van der Waals surface area contributed by atoms with Crippen molar-refractivity contribution in [2.75, 3.05) is 0 Å². The van der Waals surface area contributed by atoms with Gasteiger partial charge < -0.3 is 15.3 Å². The monoisotopic (exact) mass is 280 g/mol. The standard InChI is InChI=1S/C16H16N4O/c17-9-10-4-7-14-13(8-10)19-16(20(14)11-5-6-11)12-2-1-3-15(21)18-12/h1-4,7-8,11H,5-6,9,17H2,(H,18,21). The Balaban J connectivity index is 1.99. The lowest BCUT2D eigenvalue weighted by molar-refractivity contribution is 0.772. The summed E-state index contributed by atoms with van der Waals surface area (Å²) in [6.07, 6.45) is 2.32. The van der Waals surface area contributed by atoms with Crippen LogP contribution >= 0.6 is 0 Å². The van der Waals surface area contributed by atoms with Crippen LogP contribution in [0.15, 0.2) is 41.2 Å². The first-order valence-corrected chi connectivity index (χ1v) is 7.17. The summed E-state index contributed by atoms with van der Waals surface area (Å²) in [6.45, 7) is 0.504. The first-order valence-electron chi connectivity index (χ1n) is 7.17. The SMILES string of the molecule is NCc1ccc2c(c1)nc(-c1cccc(=O)[nH]1)n2C1CC1. The van der Waals surface area contributed by atoms with Crippen molar-refractivity contribution in [3.8, 4) is 11.5 Å². The topological polar surface area (TPSA) is 76.7 Å². The van der Waals surface area contributed by atoms with E-state index in [1.807, 2.05) is 18.2 Å². The molecule has 106 valence electrons. The van der Waals surface area contributed by atoms with E-state index in [9.17, 15) is 4.79 Å². The van der Waals surface area contributed by atoms with E-state index in [-0.39, 0.29) is 5.56 Å². The highest BCUT2D eigenvalue weighted by atomic mass is 16.1. The quantitative estimate of drug-likeness (QED) is 0.772. The highest BCUT2D eigenvalue weighted by Gasteiger charge is 2.28. The van der Waals surface area contributed by atoms with Crippen LogP contribution < -0.4 is 11.3 Å². The summed E-state index contributed by atoms with van der Waals surface area (Å²) < 4.78 is 2.24. The van der Waals surface area contributed by atoms with Crippen LogP contribution in [0.3, 0.4) is 0 Å². The largest absolute Gasteiger partial charge is 0.326 e. The number of aromatic amines is 1. The van der Waals surface area contributed by atoms with E-state index in [1.165, 1.54) is 6.07 Å². The Morgan fingerprint density at radius 1 is 1.29 bits per heavy atom. The minimum atomic E-state index is -0.107. The summed E-state index contributed by atoms with van der Waals surface area (Å²) in [5.41, 5.74) is 9.47. The first-order chi connectivity index (χ1) is 10.3. The van der Waals surface area contributed by atoms with E-state index in [2.05, 4.69) is 15.6 Å². The smallest absolute Gasteiger partial charge is 0.248 e. The number of hydrogen-bond donors (Lipinski definition) is 2. The number of benzene rings is 1. The molecule has 0 aliphatic heterocycles. The molecular weight excluding hydrogens is 264 g/mol. The number of H-pyrrole nitrogens is 1. The van der Waals surface area contributed by atoms with Gasteiger partial charge in [0.2, 0.25) is 5.56 Å². The predicted molar refractivity (Wildman–Crippen MR) is 82.0 cm³/mol. The first kappa shape index (κ1) is 12.3. The summed E-state index contributed by atoms with van der Waals surface area (Å²) in [6, 6.07) is 11.8. The third-order valence-corrected chi connectivity index (χ3v) is 3.91. The average molecular weight is 280 g/mol. The number of hydrogen-bond acceptors (Lipinski definition) is 3. The fraction of sp³-hybridized carbons (Fsp3) is 0.250. The van der Waals surface area contributed by atoms with Gasteiger partial charge in [0.15, 0.2) is 5.82 Å². The third kappa shape index (κ3) is 2.06. The second-order valence-electron chi connectivity index (χ2n) is 5.49. The Hall–Kier alpha value is -2.40. The number of pyridine rings is 1. The van der Waals surface area contributed by atoms with Crippen LogP contribution in [0.2, 0.25) is 0 Å². The zero-order chi connectivity index (χ0) is 14.4. The summed E-state index contributed by atoms with van der Waals surface area (Å²) >= 11 is 0. The van der Waals surface area contributed by atoms with Gasteiger partial charge in [-0.3, -0.25) is 4.79 Å². The van der Waals surface area contributed by atoms with E-state index >= 15 is 0 Å². The van der Waals surface area contributed by atoms with E-state index in [0.717, 1.165) is 41.0 Å². The lowest BCUT2D eigenvalue weighted by Gasteiger charge is -2.07. The van der Waals surface area contributed by atoms with Crippen molar-refractivity contribution in [2.45, 2.75) is 25.4 Å². The van der Waals surface area contributed by atoms with Gasteiger partial charge in [-0.15, -0.1) is 0 Å². The number of nitrogens with two attached hydrogens (primary N) is 1. The molecule has 0 atom stereocenters. The second-order valence-corrected chi connectivity index (χ2v) is 5.49. The molecule has 0 saturated heterocycles. The Kier molecular flexibility index (Phi) is 2.68. The van der Waals surface area contributed by atoms with Gasteiger partial charge in [-0.05, 0) is 36.6 Å². The van der Waals surface area contributed by atoms with Crippen LogP contribution in [0.4, 0.5) is 0 Å². The molecule has 2 heterocycles. The Bertz CT molecular complexity index is 873. The van der Waals surface area contributed by atoms with Gasteiger partial charge in [0.25, 0.3) is 0 Å². The molecule has 1 fully saturated rings.